The molecule has 0 aliphatic heterocycles. The highest BCUT2D eigenvalue weighted by Crippen LogP contribution is 2.06. The highest BCUT2D eigenvalue weighted by atomic mass is 16.5. The van der Waals surface area contributed by atoms with Gasteiger partial charge >= 0.3 is 0 Å². The van der Waals surface area contributed by atoms with E-state index in [4.69, 9.17) is 4.74 Å². The van der Waals surface area contributed by atoms with Gasteiger partial charge in [-0.1, -0.05) is 39.0 Å². The van der Waals surface area contributed by atoms with Crippen LogP contribution in [0.5, 0.6) is 0 Å². The van der Waals surface area contributed by atoms with Crippen molar-refractivity contribution in [3.63, 3.8) is 0 Å². The molecule has 108 valence electrons. The fourth-order valence-electron chi connectivity index (χ4n) is 1.99. The normalized spacial score (nSPS) is 10.7. The molecule has 1 aromatic heterocycles. The Morgan fingerprint density at radius 3 is 2.26 bits per heavy atom. The molecule has 3 heteroatoms. The first-order valence-electron chi connectivity index (χ1n) is 7.48. The van der Waals surface area contributed by atoms with Gasteiger partial charge in [0.05, 0.1) is 6.61 Å². The van der Waals surface area contributed by atoms with Crippen molar-refractivity contribution in [1.29, 1.82) is 0 Å². The van der Waals surface area contributed by atoms with E-state index in [0.29, 0.717) is 6.73 Å². The molecule has 0 aliphatic carbocycles. The summed E-state index contributed by atoms with van der Waals surface area (Å²) in [5.41, 5.74) is 1.21. The topological polar surface area (TPSA) is 16.4 Å². The third-order valence-corrected chi connectivity index (χ3v) is 3.27. The maximum atomic E-state index is 5.68. The molecule has 0 unspecified atom stereocenters. The van der Waals surface area contributed by atoms with E-state index in [1.54, 1.807) is 0 Å². The number of unbranched alkanes of at least 4 members (excludes halogenated alkanes) is 5. The zero-order chi connectivity index (χ0) is 13.9. The first-order chi connectivity index (χ1) is 9.24. The quantitative estimate of drug-likeness (QED) is 0.476. The maximum Gasteiger partial charge on any atom is 0.252 e. The zero-order valence-corrected chi connectivity index (χ0v) is 12.8. The largest absolute Gasteiger partial charge is 0.377 e. The predicted octanol–water partition coefficient (Wildman–Crippen LogP) is 3.37. The lowest BCUT2D eigenvalue weighted by atomic mass is 10.1. The Morgan fingerprint density at radius 2 is 1.63 bits per heavy atom. The van der Waals surface area contributed by atoms with E-state index in [1.807, 2.05) is 0 Å². The summed E-state index contributed by atoms with van der Waals surface area (Å²) in [6.45, 7) is 3.78. The van der Waals surface area contributed by atoms with E-state index in [1.165, 1.54) is 44.2 Å². The van der Waals surface area contributed by atoms with E-state index < -0.39 is 0 Å². The van der Waals surface area contributed by atoms with Crippen molar-refractivity contribution >= 4 is 5.69 Å². The van der Waals surface area contributed by atoms with E-state index >= 15 is 0 Å². The molecule has 0 aromatic carbocycles. The van der Waals surface area contributed by atoms with Crippen molar-refractivity contribution in [3.8, 4) is 0 Å². The molecule has 3 nitrogen and oxygen atoms in total. The molecule has 1 rings (SSSR count). The first kappa shape index (κ1) is 16.0. The second-order valence-electron chi connectivity index (χ2n) is 5.27. The van der Waals surface area contributed by atoms with Crippen LogP contribution in [-0.4, -0.2) is 20.7 Å². The van der Waals surface area contributed by atoms with Gasteiger partial charge in [0.25, 0.3) is 6.73 Å². The van der Waals surface area contributed by atoms with Crippen molar-refractivity contribution in [3.05, 3.63) is 24.5 Å². The molecule has 0 aliphatic rings. The Balaban J connectivity index is 2.06. The average molecular weight is 265 g/mol. The monoisotopic (exact) mass is 265 g/mol. The number of anilines is 1. The van der Waals surface area contributed by atoms with Gasteiger partial charge in [-0.25, -0.2) is 0 Å². The third-order valence-electron chi connectivity index (χ3n) is 3.27. The fourth-order valence-corrected chi connectivity index (χ4v) is 1.99. The Hall–Kier alpha value is -1.09. The SMILES string of the molecule is CCCCCCCCOC[n+]1ccc(N(C)C)cc1. The molecule has 1 heterocycles. The van der Waals surface area contributed by atoms with Gasteiger partial charge < -0.3 is 9.64 Å². The lowest BCUT2D eigenvalue weighted by Crippen LogP contribution is -2.34. The van der Waals surface area contributed by atoms with Gasteiger partial charge in [0.15, 0.2) is 12.4 Å². The van der Waals surface area contributed by atoms with Gasteiger partial charge in [0.2, 0.25) is 0 Å². The maximum absolute atomic E-state index is 5.68. The number of rotatable bonds is 10. The molecule has 0 spiro atoms. The molecule has 0 atom stereocenters. The first-order valence-corrected chi connectivity index (χ1v) is 7.48. The zero-order valence-electron chi connectivity index (χ0n) is 12.8. The Morgan fingerprint density at radius 1 is 1.00 bits per heavy atom. The standard InChI is InChI=1S/C16H29N2O/c1-4-5-6-7-8-9-14-19-15-18-12-10-16(11-13-18)17(2)3/h10-13H,4-9,14-15H2,1-3H3/q+1. The van der Waals surface area contributed by atoms with Gasteiger partial charge in [-0.3, -0.25) is 0 Å². The lowest BCUT2D eigenvalue weighted by molar-refractivity contribution is -0.732. The molecular formula is C16H29N2O+. The lowest BCUT2D eigenvalue weighted by Gasteiger charge is -2.10. The number of aromatic nitrogens is 1. The molecular weight excluding hydrogens is 236 g/mol. The van der Waals surface area contributed by atoms with Crippen LogP contribution in [-0.2, 0) is 11.5 Å². The van der Waals surface area contributed by atoms with Crippen molar-refractivity contribution in [2.24, 2.45) is 0 Å². The summed E-state index contributed by atoms with van der Waals surface area (Å²) >= 11 is 0. The molecule has 0 N–H and O–H groups in total. The van der Waals surface area contributed by atoms with E-state index in [9.17, 15) is 0 Å². The van der Waals surface area contributed by atoms with Crippen molar-refractivity contribution in [1.82, 2.24) is 0 Å². The number of hydrogen-bond donors (Lipinski definition) is 0. The fraction of sp³-hybridized carbons (Fsp3) is 0.688. The van der Waals surface area contributed by atoms with Crippen LogP contribution in [0.3, 0.4) is 0 Å². The minimum atomic E-state index is 0.655. The molecule has 0 amide bonds. The molecule has 0 bridgehead atoms. The Labute approximate surface area is 118 Å². The molecule has 0 saturated heterocycles. The van der Waals surface area contributed by atoms with Crippen LogP contribution in [0.1, 0.15) is 45.4 Å². The molecule has 19 heavy (non-hydrogen) atoms. The van der Waals surface area contributed by atoms with Gasteiger partial charge in [0.1, 0.15) is 0 Å². The van der Waals surface area contributed by atoms with Gasteiger partial charge in [-0.2, -0.15) is 4.57 Å². The minimum Gasteiger partial charge on any atom is -0.377 e. The van der Waals surface area contributed by atoms with Gasteiger partial charge in [-0.15, -0.1) is 0 Å². The van der Waals surface area contributed by atoms with E-state index in [2.05, 4.69) is 55.0 Å². The van der Waals surface area contributed by atoms with Crippen LogP contribution in [0.2, 0.25) is 0 Å². The van der Waals surface area contributed by atoms with Crippen LogP contribution in [0.25, 0.3) is 0 Å². The highest BCUT2D eigenvalue weighted by Gasteiger charge is 2.01. The van der Waals surface area contributed by atoms with Crippen LogP contribution < -0.4 is 9.47 Å². The second-order valence-corrected chi connectivity index (χ2v) is 5.27. The number of nitrogens with zero attached hydrogens (tertiary/aromatic N) is 2. The van der Waals surface area contributed by atoms with Crippen LogP contribution in [0, 0.1) is 0 Å². The van der Waals surface area contributed by atoms with Crippen LogP contribution in [0.4, 0.5) is 5.69 Å². The number of hydrogen-bond acceptors (Lipinski definition) is 2. The summed E-state index contributed by atoms with van der Waals surface area (Å²) in [4.78, 5) is 2.10. The summed E-state index contributed by atoms with van der Waals surface area (Å²) in [5, 5.41) is 0. The number of pyridine rings is 1. The highest BCUT2D eigenvalue weighted by molar-refractivity contribution is 5.41. The Kier molecular flexibility index (Phi) is 8.23. The number of ether oxygens (including phenoxy) is 1. The van der Waals surface area contributed by atoms with Crippen molar-refractivity contribution < 1.29 is 9.30 Å². The molecule has 1 aromatic rings. The summed E-state index contributed by atoms with van der Waals surface area (Å²) in [5.74, 6) is 0. The third kappa shape index (κ3) is 7.16. The van der Waals surface area contributed by atoms with E-state index in [0.717, 1.165) is 6.61 Å². The summed E-state index contributed by atoms with van der Waals surface area (Å²) in [6.07, 6.45) is 12.0. The predicted molar refractivity (Wildman–Crippen MR) is 80.3 cm³/mol. The van der Waals surface area contributed by atoms with Crippen molar-refractivity contribution in [2.75, 3.05) is 25.6 Å². The van der Waals surface area contributed by atoms with Gasteiger partial charge in [-0.05, 0) is 6.42 Å². The van der Waals surface area contributed by atoms with E-state index in [-0.39, 0.29) is 0 Å². The Bertz CT molecular complexity index is 322. The van der Waals surface area contributed by atoms with Crippen LogP contribution in [0.15, 0.2) is 24.5 Å². The van der Waals surface area contributed by atoms with Crippen molar-refractivity contribution in [2.45, 2.75) is 52.2 Å². The summed E-state index contributed by atoms with van der Waals surface area (Å²) < 4.78 is 7.75. The molecule has 0 fully saturated rings. The van der Waals surface area contributed by atoms with Gasteiger partial charge in [0, 0.05) is 31.9 Å². The molecule has 0 radical (unpaired) electrons. The van der Waals surface area contributed by atoms with Crippen LogP contribution >= 0.6 is 0 Å². The summed E-state index contributed by atoms with van der Waals surface area (Å²) in [6, 6.07) is 4.21. The molecule has 0 saturated carbocycles. The minimum absolute atomic E-state index is 0.655. The second kappa shape index (κ2) is 9.79. The summed E-state index contributed by atoms with van der Waals surface area (Å²) in [7, 11) is 4.10. The smallest absolute Gasteiger partial charge is 0.252 e. The average Bonchev–Trinajstić information content (AvgIpc) is 2.42.